The van der Waals surface area contributed by atoms with E-state index in [1.54, 1.807) is 11.3 Å². The van der Waals surface area contributed by atoms with Crippen LogP contribution in [0.3, 0.4) is 0 Å². The maximum absolute atomic E-state index is 12.7. The van der Waals surface area contributed by atoms with E-state index in [4.69, 9.17) is 0 Å². The van der Waals surface area contributed by atoms with E-state index in [9.17, 15) is 4.79 Å². The number of rotatable bonds is 7. The maximum Gasteiger partial charge on any atom is 0.236 e. The molecule has 6 heteroatoms. The molecule has 0 saturated carbocycles. The fourth-order valence-electron chi connectivity index (χ4n) is 2.92. The lowest BCUT2D eigenvalue weighted by molar-refractivity contribution is -0.133. The van der Waals surface area contributed by atoms with Crippen molar-refractivity contribution in [2.45, 2.75) is 27.7 Å². The lowest BCUT2D eigenvalue weighted by Gasteiger charge is -2.35. The van der Waals surface area contributed by atoms with Crippen LogP contribution in [0, 0.1) is 11.8 Å². The predicted molar refractivity (Wildman–Crippen MR) is 97.0 cm³/mol. The molecule has 1 aromatic rings. The second-order valence-corrected chi connectivity index (χ2v) is 8.04. The van der Waals surface area contributed by atoms with Crippen molar-refractivity contribution in [1.82, 2.24) is 14.8 Å². The average molecular weight is 339 g/mol. The van der Waals surface area contributed by atoms with Crippen molar-refractivity contribution in [2.75, 3.05) is 50.7 Å². The van der Waals surface area contributed by atoms with E-state index in [2.05, 4.69) is 42.5 Å². The Bertz CT molecular complexity index is 457. The molecule has 0 aliphatic carbocycles. The molecule has 1 amide bonds. The van der Waals surface area contributed by atoms with Crippen LogP contribution in [0.5, 0.6) is 0 Å². The smallest absolute Gasteiger partial charge is 0.236 e. The molecule has 1 aromatic heterocycles. The summed E-state index contributed by atoms with van der Waals surface area (Å²) >= 11 is 1.68. The monoisotopic (exact) mass is 338 g/mol. The Balaban J connectivity index is 1.82. The van der Waals surface area contributed by atoms with Gasteiger partial charge in [0, 0.05) is 50.8 Å². The summed E-state index contributed by atoms with van der Waals surface area (Å²) in [6, 6.07) is 0. The molecule has 0 aromatic carbocycles. The number of anilines is 1. The van der Waals surface area contributed by atoms with Gasteiger partial charge in [0.15, 0.2) is 5.13 Å². The fourth-order valence-corrected chi connectivity index (χ4v) is 3.62. The van der Waals surface area contributed by atoms with E-state index in [-0.39, 0.29) is 5.91 Å². The van der Waals surface area contributed by atoms with Crippen LogP contribution in [-0.4, -0.2) is 66.5 Å². The number of hydrogen-bond donors (Lipinski definition) is 0. The van der Waals surface area contributed by atoms with E-state index in [1.165, 1.54) is 0 Å². The SMILES string of the molecule is CC(C)CN(CC(C)C)C(=O)CN1CCN(c2nccs2)CC1. The molecule has 130 valence electrons. The van der Waals surface area contributed by atoms with E-state index in [0.717, 1.165) is 44.4 Å². The first-order chi connectivity index (χ1) is 11.0. The second kappa shape index (κ2) is 8.64. The summed E-state index contributed by atoms with van der Waals surface area (Å²) in [4.78, 5) is 23.7. The maximum atomic E-state index is 12.7. The van der Waals surface area contributed by atoms with Gasteiger partial charge in [0.05, 0.1) is 6.54 Å². The Morgan fingerprint density at radius 3 is 2.26 bits per heavy atom. The molecule has 0 N–H and O–H groups in total. The molecule has 0 spiro atoms. The van der Waals surface area contributed by atoms with Crippen molar-refractivity contribution in [3.05, 3.63) is 11.6 Å². The van der Waals surface area contributed by atoms with E-state index in [1.807, 2.05) is 16.5 Å². The summed E-state index contributed by atoms with van der Waals surface area (Å²) in [6.45, 7) is 14.7. The zero-order chi connectivity index (χ0) is 16.8. The van der Waals surface area contributed by atoms with E-state index < -0.39 is 0 Å². The van der Waals surface area contributed by atoms with Gasteiger partial charge in [-0.05, 0) is 11.8 Å². The van der Waals surface area contributed by atoms with Gasteiger partial charge in [-0.3, -0.25) is 9.69 Å². The van der Waals surface area contributed by atoms with Crippen LogP contribution in [0.4, 0.5) is 5.13 Å². The van der Waals surface area contributed by atoms with Gasteiger partial charge in [0.1, 0.15) is 0 Å². The van der Waals surface area contributed by atoms with Crippen LogP contribution in [0.2, 0.25) is 0 Å². The van der Waals surface area contributed by atoms with Crippen molar-refractivity contribution < 1.29 is 4.79 Å². The van der Waals surface area contributed by atoms with E-state index >= 15 is 0 Å². The van der Waals surface area contributed by atoms with Crippen molar-refractivity contribution in [3.8, 4) is 0 Å². The van der Waals surface area contributed by atoms with Gasteiger partial charge in [-0.2, -0.15) is 0 Å². The molecule has 1 fully saturated rings. The Hall–Kier alpha value is -1.14. The average Bonchev–Trinajstić information content (AvgIpc) is 3.00. The highest BCUT2D eigenvalue weighted by Crippen LogP contribution is 2.18. The number of piperazine rings is 1. The predicted octanol–water partition coefficient (Wildman–Crippen LogP) is 2.41. The number of carbonyl (C=O) groups excluding carboxylic acids is 1. The zero-order valence-electron chi connectivity index (χ0n) is 14.9. The van der Waals surface area contributed by atoms with Crippen molar-refractivity contribution in [3.63, 3.8) is 0 Å². The number of amides is 1. The number of thiazole rings is 1. The Labute approximate surface area is 144 Å². The van der Waals surface area contributed by atoms with Crippen molar-refractivity contribution in [2.24, 2.45) is 11.8 Å². The molecule has 23 heavy (non-hydrogen) atoms. The molecule has 0 atom stereocenters. The lowest BCUT2D eigenvalue weighted by atomic mass is 10.1. The molecule has 2 heterocycles. The summed E-state index contributed by atoms with van der Waals surface area (Å²) in [5.74, 6) is 1.30. The molecule has 1 saturated heterocycles. The molecule has 5 nitrogen and oxygen atoms in total. The highest BCUT2D eigenvalue weighted by atomic mass is 32.1. The highest BCUT2D eigenvalue weighted by Gasteiger charge is 2.23. The second-order valence-electron chi connectivity index (χ2n) is 7.16. The lowest BCUT2D eigenvalue weighted by Crippen LogP contribution is -2.51. The van der Waals surface area contributed by atoms with Crippen LogP contribution >= 0.6 is 11.3 Å². The minimum atomic E-state index is 0.273. The molecular weight excluding hydrogens is 308 g/mol. The summed E-state index contributed by atoms with van der Waals surface area (Å²) in [5, 5.41) is 3.11. The molecule has 0 bridgehead atoms. The first-order valence-corrected chi connectivity index (χ1v) is 9.48. The molecule has 2 rings (SSSR count). The zero-order valence-corrected chi connectivity index (χ0v) is 15.7. The van der Waals surface area contributed by atoms with Gasteiger partial charge in [-0.25, -0.2) is 4.98 Å². The van der Waals surface area contributed by atoms with Gasteiger partial charge in [-0.15, -0.1) is 11.3 Å². The van der Waals surface area contributed by atoms with Gasteiger partial charge in [0.25, 0.3) is 0 Å². The van der Waals surface area contributed by atoms with Gasteiger partial charge < -0.3 is 9.80 Å². The van der Waals surface area contributed by atoms with Gasteiger partial charge >= 0.3 is 0 Å². The van der Waals surface area contributed by atoms with Crippen LogP contribution < -0.4 is 4.90 Å². The van der Waals surface area contributed by atoms with Gasteiger partial charge in [0.2, 0.25) is 5.91 Å². The topological polar surface area (TPSA) is 39.7 Å². The first-order valence-electron chi connectivity index (χ1n) is 8.60. The van der Waals surface area contributed by atoms with Crippen molar-refractivity contribution in [1.29, 1.82) is 0 Å². The quantitative estimate of drug-likeness (QED) is 0.765. The number of carbonyl (C=O) groups is 1. The molecule has 0 unspecified atom stereocenters. The molecule has 0 radical (unpaired) electrons. The summed E-state index contributed by atoms with van der Waals surface area (Å²) in [5.41, 5.74) is 0. The number of nitrogens with zero attached hydrogens (tertiary/aromatic N) is 4. The molecule has 1 aliphatic rings. The molecular formula is C17H30N4OS. The number of hydrogen-bond acceptors (Lipinski definition) is 5. The van der Waals surface area contributed by atoms with Crippen molar-refractivity contribution >= 4 is 22.4 Å². The van der Waals surface area contributed by atoms with Crippen LogP contribution in [0.15, 0.2) is 11.6 Å². The fraction of sp³-hybridized carbons (Fsp3) is 0.765. The first kappa shape index (κ1) is 18.2. The van der Waals surface area contributed by atoms with Crippen LogP contribution in [-0.2, 0) is 4.79 Å². The standard InChI is InChI=1S/C17H30N4OS/c1-14(2)11-21(12-15(3)4)16(22)13-19-6-8-20(9-7-19)17-18-5-10-23-17/h5,10,14-15H,6-9,11-13H2,1-4H3. The largest absolute Gasteiger partial charge is 0.346 e. The van der Waals surface area contributed by atoms with Gasteiger partial charge in [-0.1, -0.05) is 27.7 Å². The van der Waals surface area contributed by atoms with Crippen LogP contribution in [0.1, 0.15) is 27.7 Å². The van der Waals surface area contributed by atoms with Crippen LogP contribution in [0.25, 0.3) is 0 Å². The Morgan fingerprint density at radius 2 is 1.78 bits per heavy atom. The summed E-state index contributed by atoms with van der Waals surface area (Å²) in [6.07, 6.45) is 1.85. The summed E-state index contributed by atoms with van der Waals surface area (Å²) < 4.78 is 0. The summed E-state index contributed by atoms with van der Waals surface area (Å²) in [7, 11) is 0. The Kier molecular flexibility index (Phi) is 6.84. The normalized spacial score (nSPS) is 16.3. The molecule has 1 aliphatic heterocycles. The number of aromatic nitrogens is 1. The third-order valence-corrected chi connectivity index (χ3v) is 4.78. The third kappa shape index (κ3) is 5.77. The van der Waals surface area contributed by atoms with E-state index in [0.29, 0.717) is 18.4 Å². The Morgan fingerprint density at radius 1 is 1.17 bits per heavy atom. The minimum Gasteiger partial charge on any atom is -0.346 e. The third-order valence-electron chi connectivity index (χ3n) is 3.94. The highest BCUT2D eigenvalue weighted by molar-refractivity contribution is 7.13. The minimum absolute atomic E-state index is 0.273.